The van der Waals surface area contributed by atoms with Gasteiger partial charge in [-0.15, -0.1) is 0 Å². The molecule has 1 aliphatic carbocycles. The van der Waals surface area contributed by atoms with Crippen molar-refractivity contribution in [1.82, 2.24) is 15.1 Å². The molecule has 1 aliphatic heterocycles. The Morgan fingerprint density at radius 3 is 2.65 bits per heavy atom. The third-order valence-electron chi connectivity index (χ3n) is 4.95. The van der Waals surface area contributed by atoms with Gasteiger partial charge in [0.15, 0.2) is 0 Å². The number of aliphatic hydroxyl groups is 1. The van der Waals surface area contributed by atoms with Crippen LogP contribution in [0.5, 0.6) is 0 Å². The molecule has 2 rings (SSSR count). The summed E-state index contributed by atoms with van der Waals surface area (Å²) in [4.78, 5) is 27.0. The summed E-state index contributed by atoms with van der Waals surface area (Å²) in [6.45, 7) is 5.23. The quantitative estimate of drug-likeness (QED) is 0.645. The number of hydrogen-bond donors (Lipinski definition) is 3. The summed E-state index contributed by atoms with van der Waals surface area (Å²) in [5, 5.41) is 21.5. The van der Waals surface area contributed by atoms with Gasteiger partial charge < -0.3 is 20.4 Å². The molecule has 0 bridgehead atoms. The second-order valence-corrected chi connectivity index (χ2v) is 6.80. The molecular formula is C16H29N3O4. The minimum atomic E-state index is -0.808. The van der Waals surface area contributed by atoms with E-state index in [0.29, 0.717) is 13.0 Å². The van der Waals surface area contributed by atoms with Gasteiger partial charge >= 0.3 is 12.0 Å². The largest absolute Gasteiger partial charge is 0.480 e. The fourth-order valence-corrected chi connectivity index (χ4v) is 3.68. The van der Waals surface area contributed by atoms with Crippen LogP contribution < -0.4 is 5.32 Å². The van der Waals surface area contributed by atoms with Crippen LogP contribution in [-0.4, -0.2) is 75.9 Å². The van der Waals surface area contributed by atoms with E-state index < -0.39 is 12.1 Å². The van der Waals surface area contributed by atoms with Gasteiger partial charge in [-0.05, 0) is 45.6 Å². The SMILES string of the molecule is CCN(CC(=O)O)C1CC(NC(=O)N2CCCC2CC(C)O)C1. The van der Waals surface area contributed by atoms with Crippen molar-refractivity contribution >= 4 is 12.0 Å². The molecule has 2 atom stereocenters. The summed E-state index contributed by atoms with van der Waals surface area (Å²) in [5.41, 5.74) is 0. The number of likely N-dealkylation sites (tertiary alicyclic amines) is 1. The predicted molar refractivity (Wildman–Crippen MR) is 86.3 cm³/mol. The number of hydrogen-bond acceptors (Lipinski definition) is 4. The molecule has 2 aliphatic rings. The second-order valence-electron chi connectivity index (χ2n) is 6.80. The molecule has 0 aromatic carbocycles. The highest BCUT2D eigenvalue weighted by Gasteiger charge is 2.37. The molecule has 0 aromatic heterocycles. The smallest absolute Gasteiger partial charge is 0.317 e. The second kappa shape index (κ2) is 7.97. The highest BCUT2D eigenvalue weighted by atomic mass is 16.4. The monoisotopic (exact) mass is 327 g/mol. The van der Waals surface area contributed by atoms with E-state index in [0.717, 1.165) is 32.2 Å². The number of carboxylic acids is 1. The molecule has 7 heteroatoms. The first-order chi connectivity index (χ1) is 10.9. The van der Waals surface area contributed by atoms with E-state index in [-0.39, 0.29) is 30.7 Å². The lowest BCUT2D eigenvalue weighted by Crippen LogP contribution is -2.57. The van der Waals surface area contributed by atoms with Crippen molar-refractivity contribution in [2.24, 2.45) is 0 Å². The first-order valence-electron chi connectivity index (χ1n) is 8.61. The summed E-state index contributed by atoms with van der Waals surface area (Å²) in [6.07, 6.45) is 3.79. The van der Waals surface area contributed by atoms with Gasteiger partial charge in [-0.25, -0.2) is 4.79 Å². The average Bonchev–Trinajstić information content (AvgIpc) is 2.87. The summed E-state index contributed by atoms with van der Waals surface area (Å²) in [6, 6.07) is 0.458. The minimum Gasteiger partial charge on any atom is -0.480 e. The van der Waals surface area contributed by atoms with Crippen molar-refractivity contribution in [1.29, 1.82) is 0 Å². The molecule has 3 N–H and O–H groups in total. The third-order valence-corrected chi connectivity index (χ3v) is 4.95. The zero-order chi connectivity index (χ0) is 17.0. The molecule has 2 amide bonds. The van der Waals surface area contributed by atoms with Crippen molar-refractivity contribution in [3.8, 4) is 0 Å². The molecular weight excluding hydrogens is 298 g/mol. The topological polar surface area (TPSA) is 93.1 Å². The van der Waals surface area contributed by atoms with Crippen molar-refractivity contribution in [3.05, 3.63) is 0 Å². The van der Waals surface area contributed by atoms with Gasteiger partial charge in [0.2, 0.25) is 0 Å². The van der Waals surface area contributed by atoms with Crippen LogP contribution in [-0.2, 0) is 4.79 Å². The number of nitrogens with one attached hydrogen (secondary N) is 1. The zero-order valence-corrected chi connectivity index (χ0v) is 14.1. The minimum absolute atomic E-state index is 0.0436. The zero-order valence-electron chi connectivity index (χ0n) is 14.1. The Bertz CT molecular complexity index is 424. The van der Waals surface area contributed by atoms with Gasteiger partial charge in [0, 0.05) is 24.7 Å². The molecule has 0 radical (unpaired) electrons. The number of urea groups is 1. The molecule has 132 valence electrons. The van der Waals surface area contributed by atoms with Gasteiger partial charge in [0.25, 0.3) is 0 Å². The fraction of sp³-hybridized carbons (Fsp3) is 0.875. The highest BCUT2D eigenvalue weighted by molar-refractivity contribution is 5.75. The maximum atomic E-state index is 12.4. The third kappa shape index (κ3) is 4.81. The van der Waals surface area contributed by atoms with Crippen LogP contribution in [0, 0.1) is 0 Å². The van der Waals surface area contributed by atoms with E-state index in [2.05, 4.69) is 5.32 Å². The molecule has 2 fully saturated rings. The Balaban J connectivity index is 1.76. The van der Waals surface area contributed by atoms with Crippen molar-refractivity contribution in [2.75, 3.05) is 19.6 Å². The molecule has 1 heterocycles. The van der Waals surface area contributed by atoms with Crippen LogP contribution in [0.4, 0.5) is 4.79 Å². The Hall–Kier alpha value is -1.34. The number of rotatable bonds is 7. The van der Waals surface area contributed by atoms with Gasteiger partial charge in [0.1, 0.15) is 0 Å². The number of aliphatic carboxylic acids is 1. The lowest BCUT2D eigenvalue weighted by atomic mass is 9.85. The van der Waals surface area contributed by atoms with Crippen LogP contribution in [0.1, 0.15) is 46.0 Å². The van der Waals surface area contributed by atoms with Crippen molar-refractivity contribution < 1.29 is 19.8 Å². The van der Waals surface area contributed by atoms with Gasteiger partial charge in [-0.2, -0.15) is 0 Å². The summed E-state index contributed by atoms with van der Waals surface area (Å²) < 4.78 is 0. The number of aliphatic hydroxyl groups excluding tert-OH is 1. The van der Waals surface area contributed by atoms with Crippen LogP contribution >= 0.6 is 0 Å². The van der Waals surface area contributed by atoms with Crippen LogP contribution in [0.25, 0.3) is 0 Å². The van der Waals surface area contributed by atoms with Gasteiger partial charge in [-0.3, -0.25) is 9.69 Å². The number of carbonyl (C=O) groups is 2. The summed E-state index contributed by atoms with van der Waals surface area (Å²) in [5.74, 6) is -0.808. The van der Waals surface area contributed by atoms with E-state index >= 15 is 0 Å². The first-order valence-corrected chi connectivity index (χ1v) is 8.61. The maximum Gasteiger partial charge on any atom is 0.317 e. The molecule has 23 heavy (non-hydrogen) atoms. The Kier molecular flexibility index (Phi) is 6.24. The van der Waals surface area contributed by atoms with E-state index in [9.17, 15) is 14.7 Å². The fourth-order valence-electron chi connectivity index (χ4n) is 3.68. The maximum absolute atomic E-state index is 12.4. The lowest BCUT2D eigenvalue weighted by Gasteiger charge is -2.43. The van der Waals surface area contributed by atoms with E-state index in [1.165, 1.54) is 0 Å². The van der Waals surface area contributed by atoms with E-state index in [1.54, 1.807) is 6.92 Å². The lowest BCUT2D eigenvalue weighted by molar-refractivity contribution is -0.139. The summed E-state index contributed by atoms with van der Waals surface area (Å²) in [7, 11) is 0. The molecule has 1 saturated carbocycles. The van der Waals surface area contributed by atoms with E-state index in [1.807, 2.05) is 16.7 Å². The van der Waals surface area contributed by atoms with Gasteiger partial charge in [0.05, 0.1) is 12.6 Å². The van der Waals surface area contributed by atoms with Crippen LogP contribution in [0.3, 0.4) is 0 Å². The average molecular weight is 327 g/mol. The molecule has 2 unspecified atom stereocenters. The molecule has 7 nitrogen and oxygen atoms in total. The molecule has 0 spiro atoms. The number of amides is 2. The first kappa shape index (κ1) is 18.0. The number of carboxylic acid groups (broad SMARTS) is 1. The Morgan fingerprint density at radius 2 is 2.09 bits per heavy atom. The number of likely N-dealkylation sites (N-methyl/N-ethyl adjacent to an activating group) is 1. The van der Waals surface area contributed by atoms with Crippen molar-refractivity contribution in [3.63, 3.8) is 0 Å². The molecule has 1 saturated heterocycles. The van der Waals surface area contributed by atoms with E-state index in [4.69, 9.17) is 5.11 Å². The van der Waals surface area contributed by atoms with Crippen molar-refractivity contribution in [2.45, 2.75) is 70.2 Å². The Labute approximate surface area is 137 Å². The number of nitrogens with zero attached hydrogens (tertiary/aromatic N) is 2. The number of carbonyl (C=O) groups excluding carboxylic acids is 1. The summed E-state index contributed by atoms with van der Waals surface area (Å²) >= 11 is 0. The molecule has 0 aromatic rings. The van der Waals surface area contributed by atoms with Gasteiger partial charge in [-0.1, -0.05) is 6.92 Å². The Morgan fingerprint density at radius 1 is 1.39 bits per heavy atom. The van der Waals surface area contributed by atoms with Crippen LogP contribution in [0.15, 0.2) is 0 Å². The predicted octanol–water partition coefficient (Wildman–Crippen LogP) is 0.869. The standard InChI is InChI=1S/C16H29N3O4/c1-3-18(10-15(21)22)14-8-12(9-14)17-16(23)19-6-4-5-13(19)7-11(2)20/h11-14,20H,3-10H2,1-2H3,(H,17,23)(H,21,22). The van der Waals surface area contributed by atoms with Crippen LogP contribution in [0.2, 0.25) is 0 Å². The normalized spacial score (nSPS) is 28.5. The highest BCUT2D eigenvalue weighted by Crippen LogP contribution is 2.27.